The van der Waals surface area contributed by atoms with E-state index in [-0.39, 0.29) is 12.4 Å². The lowest BCUT2D eigenvalue weighted by Crippen LogP contribution is -2.36. The van der Waals surface area contributed by atoms with Crippen LogP contribution >= 0.6 is 0 Å². The van der Waals surface area contributed by atoms with Crippen LogP contribution in [0.15, 0.2) is 23.3 Å². The quantitative estimate of drug-likeness (QED) is 0.592. The molecule has 1 aromatic heterocycles. The fourth-order valence-corrected chi connectivity index (χ4v) is 2.43. The topological polar surface area (TPSA) is 71.9 Å². The minimum absolute atomic E-state index is 0.275. The van der Waals surface area contributed by atoms with Crippen molar-refractivity contribution >= 4 is 23.3 Å². The normalized spacial score (nSPS) is 17.2. The highest BCUT2D eigenvalue weighted by Gasteiger charge is 2.36. The van der Waals surface area contributed by atoms with Crippen molar-refractivity contribution in [3.05, 3.63) is 23.9 Å². The molecule has 6 nitrogen and oxygen atoms in total. The van der Waals surface area contributed by atoms with E-state index in [1.807, 2.05) is 0 Å². The van der Waals surface area contributed by atoms with E-state index in [0.29, 0.717) is 23.6 Å². The van der Waals surface area contributed by atoms with Crippen LogP contribution in [0.2, 0.25) is 0 Å². The van der Waals surface area contributed by atoms with Crippen molar-refractivity contribution < 1.29 is 14.3 Å². The lowest BCUT2D eigenvalue weighted by molar-refractivity contribution is -0.145. The summed E-state index contributed by atoms with van der Waals surface area (Å²) >= 11 is 0. The van der Waals surface area contributed by atoms with Gasteiger partial charge < -0.3 is 9.64 Å². The van der Waals surface area contributed by atoms with Crippen molar-refractivity contribution in [3.8, 4) is 0 Å². The molecule has 0 saturated carbocycles. The van der Waals surface area contributed by atoms with Crippen molar-refractivity contribution in [2.24, 2.45) is 10.9 Å². The average molecular weight is 303 g/mol. The van der Waals surface area contributed by atoms with Gasteiger partial charge in [0, 0.05) is 18.5 Å². The fourth-order valence-electron chi connectivity index (χ4n) is 2.43. The number of likely N-dealkylation sites (N-methyl/N-ethyl adjacent to an activating group) is 1. The maximum absolute atomic E-state index is 12.4. The zero-order valence-corrected chi connectivity index (χ0v) is 13.2. The second-order valence-electron chi connectivity index (χ2n) is 5.12. The van der Waals surface area contributed by atoms with Gasteiger partial charge in [0.05, 0.1) is 5.56 Å². The predicted octanol–water partition coefficient (Wildman–Crippen LogP) is 1.87. The standard InChI is InChI=1S/C16H21N3O3/c1-4-19(5-2)9-10-22-16(21)13-11(3)18-15-12(14(13)20)7-6-8-17-15/h6-8,13H,4-5,9-10H2,1-3H3. The van der Waals surface area contributed by atoms with Gasteiger partial charge in [-0.2, -0.15) is 0 Å². The molecule has 1 aliphatic heterocycles. The minimum atomic E-state index is -0.951. The predicted molar refractivity (Wildman–Crippen MR) is 83.6 cm³/mol. The smallest absolute Gasteiger partial charge is 0.322 e. The van der Waals surface area contributed by atoms with Gasteiger partial charge in [-0.1, -0.05) is 13.8 Å². The zero-order valence-electron chi connectivity index (χ0n) is 13.2. The monoisotopic (exact) mass is 303 g/mol. The molecule has 1 aromatic rings. The van der Waals surface area contributed by atoms with E-state index >= 15 is 0 Å². The number of ketones is 1. The van der Waals surface area contributed by atoms with Crippen LogP contribution in [0, 0.1) is 5.92 Å². The summed E-state index contributed by atoms with van der Waals surface area (Å²) in [5, 5.41) is 0. The van der Waals surface area contributed by atoms with Gasteiger partial charge in [0.1, 0.15) is 6.61 Å². The van der Waals surface area contributed by atoms with Crippen molar-refractivity contribution in [2.75, 3.05) is 26.2 Å². The summed E-state index contributed by atoms with van der Waals surface area (Å²) < 4.78 is 5.27. The Morgan fingerprint density at radius 1 is 1.36 bits per heavy atom. The number of rotatable bonds is 6. The van der Waals surface area contributed by atoms with Crippen LogP contribution in [0.5, 0.6) is 0 Å². The van der Waals surface area contributed by atoms with Crippen molar-refractivity contribution in [3.63, 3.8) is 0 Å². The number of nitrogens with zero attached hydrogens (tertiary/aromatic N) is 3. The van der Waals surface area contributed by atoms with E-state index in [4.69, 9.17) is 4.74 Å². The van der Waals surface area contributed by atoms with Gasteiger partial charge in [0.25, 0.3) is 0 Å². The molecular formula is C16H21N3O3. The molecule has 22 heavy (non-hydrogen) atoms. The molecule has 0 spiro atoms. The van der Waals surface area contributed by atoms with Gasteiger partial charge in [-0.15, -0.1) is 0 Å². The molecule has 0 amide bonds. The van der Waals surface area contributed by atoms with E-state index in [1.165, 1.54) is 0 Å². The molecule has 0 radical (unpaired) electrons. The number of aromatic nitrogens is 1. The molecule has 0 aliphatic carbocycles. The average Bonchev–Trinajstić information content (AvgIpc) is 2.51. The molecule has 0 bridgehead atoms. The van der Waals surface area contributed by atoms with Crippen LogP contribution in [-0.2, 0) is 9.53 Å². The fraction of sp³-hybridized carbons (Fsp3) is 0.500. The van der Waals surface area contributed by atoms with Gasteiger partial charge in [0.15, 0.2) is 17.5 Å². The molecule has 0 fully saturated rings. The number of hydrogen-bond donors (Lipinski definition) is 0. The SMILES string of the molecule is CCN(CC)CCOC(=O)C1C(=O)c2cccnc2N=C1C. The molecule has 0 N–H and O–H groups in total. The molecule has 6 heteroatoms. The van der Waals surface area contributed by atoms with Crippen LogP contribution in [0.25, 0.3) is 0 Å². The van der Waals surface area contributed by atoms with E-state index < -0.39 is 11.9 Å². The van der Waals surface area contributed by atoms with E-state index in [1.54, 1.807) is 25.3 Å². The highest BCUT2D eigenvalue weighted by molar-refractivity contribution is 6.26. The Bertz CT molecular complexity index is 594. The number of aliphatic imine (C=N–C) groups is 1. The molecular weight excluding hydrogens is 282 g/mol. The van der Waals surface area contributed by atoms with Crippen LogP contribution in [-0.4, -0.2) is 53.6 Å². The van der Waals surface area contributed by atoms with E-state index in [2.05, 4.69) is 28.7 Å². The van der Waals surface area contributed by atoms with Crippen LogP contribution in [0.1, 0.15) is 31.1 Å². The molecule has 0 saturated heterocycles. The summed E-state index contributed by atoms with van der Waals surface area (Å²) in [6.07, 6.45) is 1.58. The maximum atomic E-state index is 12.4. The first-order valence-electron chi connectivity index (χ1n) is 7.51. The largest absolute Gasteiger partial charge is 0.463 e. The first kappa shape index (κ1) is 16.3. The minimum Gasteiger partial charge on any atom is -0.463 e. The second kappa shape index (κ2) is 7.26. The van der Waals surface area contributed by atoms with Gasteiger partial charge in [-0.05, 0) is 32.1 Å². The van der Waals surface area contributed by atoms with Crippen LogP contribution in [0.3, 0.4) is 0 Å². The summed E-state index contributed by atoms with van der Waals surface area (Å²) in [7, 11) is 0. The molecule has 1 aliphatic rings. The third-order valence-electron chi connectivity index (χ3n) is 3.80. The Labute approximate surface area is 130 Å². The van der Waals surface area contributed by atoms with Crippen molar-refractivity contribution in [1.29, 1.82) is 0 Å². The van der Waals surface area contributed by atoms with Gasteiger partial charge in [0.2, 0.25) is 0 Å². The number of Topliss-reactive ketones (excluding diaryl/α,β-unsaturated/α-hetero) is 1. The summed E-state index contributed by atoms with van der Waals surface area (Å²) in [6, 6.07) is 3.30. The Kier molecular flexibility index (Phi) is 5.38. The summed E-state index contributed by atoms with van der Waals surface area (Å²) in [5.74, 6) is -1.40. The zero-order chi connectivity index (χ0) is 16.1. The number of hydrogen-bond acceptors (Lipinski definition) is 6. The molecule has 2 heterocycles. The molecule has 0 aromatic carbocycles. The molecule has 1 atom stereocenters. The third-order valence-corrected chi connectivity index (χ3v) is 3.80. The Morgan fingerprint density at radius 3 is 2.77 bits per heavy atom. The lowest BCUT2D eigenvalue weighted by Gasteiger charge is -2.21. The number of carbonyl (C=O) groups excluding carboxylic acids is 2. The summed E-state index contributed by atoms with van der Waals surface area (Å²) in [4.78, 5) is 35.1. The number of fused-ring (bicyclic) bond motifs is 1. The second-order valence-corrected chi connectivity index (χ2v) is 5.12. The number of carbonyl (C=O) groups is 2. The Hall–Kier alpha value is -2.08. The van der Waals surface area contributed by atoms with E-state index in [0.717, 1.165) is 13.1 Å². The Balaban J connectivity index is 2.04. The number of ether oxygens (including phenoxy) is 1. The first-order valence-corrected chi connectivity index (χ1v) is 7.51. The van der Waals surface area contributed by atoms with Crippen molar-refractivity contribution in [1.82, 2.24) is 9.88 Å². The van der Waals surface area contributed by atoms with E-state index in [9.17, 15) is 9.59 Å². The van der Waals surface area contributed by atoms with Crippen LogP contribution in [0.4, 0.5) is 5.82 Å². The first-order chi connectivity index (χ1) is 10.6. The Morgan fingerprint density at radius 2 is 2.09 bits per heavy atom. The molecule has 1 unspecified atom stereocenters. The highest BCUT2D eigenvalue weighted by atomic mass is 16.5. The number of esters is 1. The molecule has 118 valence electrons. The highest BCUT2D eigenvalue weighted by Crippen LogP contribution is 2.26. The third kappa shape index (κ3) is 3.39. The lowest BCUT2D eigenvalue weighted by atomic mass is 9.91. The van der Waals surface area contributed by atoms with Gasteiger partial charge >= 0.3 is 5.97 Å². The van der Waals surface area contributed by atoms with Gasteiger partial charge in [-0.25, -0.2) is 9.98 Å². The van der Waals surface area contributed by atoms with Crippen LogP contribution < -0.4 is 0 Å². The van der Waals surface area contributed by atoms with Gasteiger partial charge in [-0.3, -0.25) is 9.59 Å². The maximum Gasteiger partial charge on any atom is 0.322 e. The number of pyridine rings is 1. The summed E-state index contributed by atoms with van der Waals surface area (Å²) in [5.41, 5.74) is 0.808. The summed E-state index contributed by atoms with van der Waals surface area (Å²) in [6.45, 7) is 8.50. The van der Waals surface area contributed by atoms with Crippen molar-refractivity contribution in [2.45, 2.75) is 20.8 Å². The molecule has 2 rings (SSSR count).